The Morgan fingerprint density at radius 2 is 1.90 bits per heavy atom. The van der Waals surface area contributed by atoms with Crippen molar-refractivity contribution in [3.8, 4) is 0 Å². The number of hydrogen-bond donors (Lipinski definition) is 1. The highest BCUT2D eigenvalue weighted by atomic mass is 32.2. The first-order valence-corrected chi connectivity index (χ1v) is 10.3. The largest absolute Gasteiger partial charge is 0.284 e. The zero-order chi connectivity index (χ0) is 15.7. The maximum Gasteiger partial charge on any atom is 0.229 e. The molecule has 1 aromatic carbocycles. The van der Waals surface area contributed by atoms with Crippen molar-refractivity contribution in [2.24, 2.45) is 0 Å². The van der Waals surface area contributed by atoms with E-state index >= 15 is 0 Å². The molecule has 8 heteroatoms. The first-order chi connectivity index (χ1) is 9.71. The van der Waals surface area contributed by atoms with Crippen LogP contribution in [0.2, 0.25) is 0 Å². The Bertz CT molecular complexity index is 727. The lowest BCUT2D eigenvalue weighted by Gasteiger charge is -2.28. The molecule has 0 atom stereocenters. The molecule has 1 heterocycles. The molecular formula is C13H20N2O4S2. The second-order valence-electron chi connectivity index (χ2n) is 5.26. The van der Waals surface area contributed by atoms with E-state index in [1.54, 1.807) is 12.1 Å². The van der Waals surface area contributed by atoms with Crippen molar-refractivity contribution in [1.82, 2.24) is 4.31 Å². The highest BCUT2D eigenvalue weighted by Crippen LogP contribution is 2.25. The van der Waals surface area contributed by atoms with E-state index in [2.05, 4.69) is 4.72 Å². The van der Waals surface area contributed by atoms with Crippen LogP contribution in [0.4, 0.5) is 5.69 Å². The Hall–Kier alpha value is -1.12. The Balaban J connectivity index is 2.25. The molecule has 1 aliphatic heterocycles. The Kier molecular flexibility index (Phi) is 4.60. The van der Waals surface area contributed by atoms with Gasteiger partial charge in [0.05, 0.1) is 12.0 Å². The topological polar surface area (TPSA) is 83.6 Å². The molecule has 0 fully saturated rings. The van der Waals surface area contributed by atoms with Crippen LogP contribution < -0.4 is 4.72 Å². The third-order valence-corrected chi connectivity index (χ3v) is 5.97. The van der Waals surface area contributed by atoms with E-state index in [9.17, 15) is 16.8 Å². The fraction of sp³-hybridized carbons (Fsp3) is 0.538. The van der Waals surface area contributed by atoms with E-state index in [0.717, 1.165) is 17.4 Å². The van der Waals surface area contributed by atoms with Gasteiger partial charge in [0.25, 0.3) is 0 Å². The van der Waals surface area contributed by atoms with Crippen LogP contribution in [0, 0.1) is 0 Å². The number of nitrogens with zero attached hydrogens (tertiary/aromatic N) is 1. The van der Waals surface area contributed by atoms with Crippen LogP contribution >= 0.6 is 0 Å². The predicted molar refractivity (Wildman–Crippen MR) is 83.1 cm³/mol. The highest BCUT2D eigenvalue weighted by molar-refractivity contribution is 7.92. The van der Waals surface area contributed by atoms with Crippen LogP contribution in [0.25, 0.3) is 0 Å². The molecule has 1 aromatic rings. The van der Waals surface area contributed by atoms with Gasteiger partial charge in [-0.05, 0) is 36.1 Å². The molecule has 0 aromatic heterocycles. The lowest BCUT2D eigenvalue weighted by atomic mass is 10.0. The molecule has 6 nitrogen and oxygen atoms in total. The molecule has 1 aliphatic rings. The summed E-state index contributed by atoms with van der Waals surface area (Å²) < 4.78 is 50.7. The molecule has 0 spiro atoms. The van der Waals surface area contributed by atoms with Crippen LogP contribution in [0.5, 0.6) is 0 Å². The van der Waals surface area contributed by atoms with Gasteiger partial charge in [-0.2, -0.15) is 4.31 Å². The lowest BCUT2D eigenvalue weighted by molar-refractivity contribution is 0.391. The number of nitrogens with one attached hydrogen (secondary N) is 1. The number of benzene rings is 1. The molecule has 0 saturated carbocycles. The van der Waals surface area contributed by atoms with Crippen molar-refractivity contribution in [3.63, 3.8) is 0 Å². The first kappa shape index (κ1) is 16.3. The van der Waals surface area contributed by atoms with E-state index in [1.165, 1.54) is 4.31 Å². The smallest absolute Gasteiger partial charge is 0.229 e. The van der Waals surface area contributed by atoms with E-state index in [-0.39, 0.29) is 5.75 Å². The zero-order valence-corrected chi connectivity index (χ0v) is 13.8. The van der Waals surface area contributed by atoms with E-state index in [0.29, 0.717) is 31.6 Å². The van der Waals surface area contributed by atoms with E-state index < -0.39 is 20.0 Å². The van der Waals surface area contributed by atoms with Crippen LogP contribution in [0.3, 0.4) is 0 Å². The van der Waals surface area contributed by atoms with E-state index in [4.69, 9.17) is 0 Å². The highest BCUT2D eigenvalue weighted by Gasteiger charge is 2.26. The average molecular weight is 332 g/mol. The summed E-state index contributed by atoms with van der Waals surface area (Å²) in [6.45, 7) is 2.62. The fourth-order valence-corrected chi connectivity index (χ4v) is 4.47. The van der Waals surface area contributed by atoms with Gasteiger partial charge in [-0.15, -0.1) is 0 Å². The second kappa shape index (κ2) is 5.94. The minimum absolute atomic E-state index is 0.142. The molecule has 0 amide bonds. The molecule has 0 unspecified atom stereocenters. The monoisotopic (exact) mass is 332 g/mol. The summed E-state index contributed by atoms with van der Waals surface area (Å²) in [6.07, 6.45) is 2.32. The number of rotatable bonds is 5. The maximum atomic E-state index is 12.1. The van der Waals surface area contributed by atoms with Crippen molar-refractivity contribution in [1.29, 1.82) is 0 Å². The van der Waals surface area contributed by atoms with Gasteiger partial charge in [0.1, 0.15) is 0 Å². The SMILES string of the molecule is CCCS(=O)(=O)N1CCc2ccc(NS(C)(=O)=O)cc2C1. The summed E-state index contributed by atoms with van der Waals surface area (Å²) in [6, 6.07) is 5.27. The van der Waals surface area contributed by atoms with Crippen LogP contribution in [-0.4, -0.2) is 39.7 Å². The quantitative estimate of drug-likeness (QED) is 0.877. The number of sulfonamides is 2. The molecule has 0 bridgehead atoms. The van der Waals surface area contributed by atoms with Crippen LogP contribution in [0.15, 0.2) is 18.2 Å². The maximum absolute atomic E-state index is 12.1. The van der Waals surface area contributed by atoms with Gasteiger partial charge in [-0.1, -0.05) is 13.0 Å². The fourth-order valence-electron chi connectivity index (χ4n) is 2.43. The molecule has 0 aliphatic carbocycles. The number of fused-ring (bicyclic) bond motifs is 1. The van der Waals surface area contributed by atoms with Crippen molar-refractivity contribution in [3.05, 3.63) is 29.3 Å². The summed E-state index contributed by atoms with van der Waals surface area (Å²) >= 11 is 0. The van der Waals surface area contributed by atoms with E-state index in [1.807, 2.05) is 13.0 Å². The van der Waals surface area contributed by atoms with Crippen molar-refractivity contribution in [2.45, 2.75) is 26.3 Å². The Labute approximate surface area is 126 Å². The summed E-state index contributed by atoms with van der Waals surface area (Å²) in [7, 11) is -6.57. The third kappa shape index (κ3) is 4.18. The normalized spacial score (nSPS) is 16.5. The van der Waals surface area contributed by atoms with Gasteiger partial charge in [0.15, 0.2) is 0 Å². The van der Waals surface area contributed by atoms with Gasteiger partial charge in [-0.25, -0.2) is 16.8 Å². The minimum Gasteiger partial charge on any atom is -0.284 e. The lowest BCUT2D eigenvalue weighted by Crippen LogP contribution is -2.37. The molecule has 21 heavy (non-hydrogen) atoms. The number of anilines is 1. The Morgan fingerprint density at radius 1 is 1.19 bits per heavy atom. The standard InChI is InChI=1S/C13H20N2O4S2/c1-3-8-21(18,19)15-7-6-11-4-5-13(9-12(11)10-15)14-20(2,16)17/h4-5,9,14H,3,6-8,10H2,1-2H3. The van der Waals surface area contributed by atoms with Gasteiger partial charge in [0.2, 0.25) is 20.0 Å². The molecule has 1 N–H and O–H groups in total. The molecule has 0 radical (unpaired) electrons. The van der Waals surface area contributed by atoms with Gasteiger partial charge in [0, 0.05) is 18.8 Å². The minimum atomic E-state index is -3.34. The van der Waals surface area contributed by atoms with Crippen molar-refractivity contribution in [2.75, 3.05) is 23.3 Å². The van der Waals surface area contributed by atoms with Gasteiger partial charge in [-0.3, -0.25) is 4.72 Å². The summed E-state index contributed by atoms with van der Waals surface area (Å²) in [5.41, 5.74) is 2.39. The first-order valence-electron chi connectivity index (χ1n) is 6.78. The second-order valence-corrected chi connectivity index (χ2v) is 9.09. The predicted octanol–water partition coefficient (Wildman–Crippen LogP) is 1.16. The third-order valence-electron chi connectivity index (χ3n) is 3.34. The average Bonchev–Trinajstić information content (AvgIpc) is 2.36. The summed E-state index contributed by atoms with van der Waals surface area (Å²) in [5, 5.41) is 0. The molecule has 2 rings (SSSR count). The molecular weight excluding hydrogens is 312 g/mol. The number of hydrogen-bond acceptors (Lipinski definition) is 4. The zero-order valence-electron chi connectivity index (χ0n) is 12.2. The van der Waals surface area contributed by atoms with Crippen molar-refractivity contribution >= 4 is 25.7 Å². The van der Waals surface area contributed by atoms with Gasteiger partial charge < -0.3 is 0 Å². The van der Waals surface area contributed by atoms with Crippen LogP contribution in [0.1, 0.15) is 24.5 Å². The van der Waals surface area contributed by atoms with Gasteiger partial charge >= 0.3 is 0 Å². The molecule has 0 saturated heterocycles. The summed E-state index contributed by atoms with van der Waals surface area (Å²) in [4.78, 5) is 0. The van der Waals surface area contributed by atoms with Crippen LogP contribution in [-0.2, 0) is 33.0 Å². The summed E-state index contributed by atoms with van der Waals surface area (Å²) in [5.74, 6) is 0.142. The molecule has 118 valence electrons. The Morgan fingerprint density at radius 3 is 2.52 bits per heavy atom. The van der Waals surface area contributed by atoms with Crippen molar-refractivity contribution < 1.29 is 16.8 Å².